The summed E-state index contributed by atoms with van der Waals surface area (Å²) < 4.78 is 39.6. The molecule has 1 unspecified atom stereocenters. The molecule has 8 heteroatoms. The minimum absolute atomic E-state index is 0.0311. The first-order chi connectivity index (χ1) is 10.9. The van der Waals surface area contributed by atoms with Crippen molar-refractivity contribution in [2.45, 2.75) is 18.6 Å². The number of benzene rings is 1. The third-order valence-electron chi connectivity index (χ3n) is 3.74. The van der Waals surface area contributed by atoms with Gasteiger partial charge in [-0.05, 0) is 17.7 Å². The quantitative estimate of drug-likeness (QED) is 0.852. The Kier molecular flexibility index (Phi) is 6.26. The molecule has 0 bridgehead atoms. The highest BCUT2D eigenvalue weighted by Crippen LogP contribution is 2.24. The van der Waals surface area contributed by atoms with Crippen molar-refractivity contribution >= 4 is 17.5 Å². The Bertz CT molecular complexity index is 516. The van der Waals surface area contributed by atoms with Crippen LogP contribution in [-0.2, 0) is 11.2 Å². The molecule has 23 heavy (non-hydrogen) atoms. The van der Waals surface area contributed by atoms with Gasteiger partial charge in [-0.3, -0.25) is 9.69 Å². The normalized spacial score (nSPS) is 17.7. The Labute approximate surface area is 138 Å². The van der Waals surface area contributed by atoms with Crippen LogP contribution in [0, 0.1) is 0 Å². The number of halogens is 4. The topological polar surface area (TPSA) is 44.4 Å². The number of hydrogen-bond acceptors (Lipinski definition) is 3. The lowest BCUT2D eigenvalue weighted by Crippen LogP contribution is -2.57. The molecule has 2 N–H and O–H groups in total. The number of carbonyl (C=O) groups is 1. The Balaban J connectivity index is 1.89. The molecule has 0 aromatic heterocycles. The highest BCUT2D eigenvalue weighted by atomic mass is 35.5. The number of alkyl halides is 3. The van der Waals surface area contributed by atoms with E-state index in [1.54, 1.807) is 24.3 Å². The molecule has 0 radical (unpaired) electrons. The molecule has 1 saturated heterocycles. The summed E-state index contributed by atoms with van der Waals surface area (Å²) in [7, 11) is 0. The number of amides is 1. The molecule has 1 aliphatic rings. The van der Waals surface area contributed by atoms with E-state index in [1.165, 1.54) is 4.90 Å². The lowest BCUT2D eigenvalue weighted by Gasteiger charge is -2.35. The van der Waals surface area contributed by atoms with E-state index < -0.39 is 24.7 Å². The Hall–Kier alpha value is -1.31. The van der Waals surface area contributed by atoms with Gasteiger partial charge in [0.2, 0.25) is 5.91 Å². The summed E-state index contributed by atoms with van der Waals surface area (Å²) in [6, 6.07) is 4.99. The molecular weight excluding hydrogens is 331 g/mol. The summed E-state index contributed by atoms with van der Waals surface area (Å²) in [6.45, 7) is 1.24. The molecule has 1 atom stereocenters. The van der Waals surface area contributed by atoms with Gasteiger partial charge in [-0.1, -0.05) is 23.7 Å². The van der Waals surface area contributed by atoms with Crippen molar-refractivity contribution in [2.75, 3.05) is 32.7 Å². The van der Waals surface area contributed by atoms with Gasteiger partial charge in [-0.2, -0.15) is 13.2 Å². The second-order valence-corrected chi connectivity index (χ2v) is 5.89. The molecule has 1 aromatic rings. The molecule has 1 fully saturated rings. The van der Waals surface area contributed by atoms with Crippen LogP contribution in [0.1, 0.15) is 5.56 Å². The lowest BCUT2D eigenvalue weighted by atomic mass is 10.1. The van der Waals surface area contributed by atoms with Crippen LogP contribution >= 0.6 is 11.6 Å². The predicted molar refractivity (Wildman–Crippen MR) is 82.5 cm³/mol. The zero-order chi connectivity index (χ0) is 16.9. The van der Waals surface area contributed by atoms with Gasteiger partial charge in [0.05, 0.1) is 6.42 Å². The van der Waals surface area contributed by atoms with Crippen molar-refractivity contribution in [3.8, 4) is 0 Å². The Morgan fingerprint density at radius 1 is 1.26 bits per heavy atom. The fourth-order valence-electron chi connectivity index (χ4n) is 2.51. The Morgan fingerprint density at radius 3 is 2.43 bits per heavy atom. The maximum absolute atomic E-state index is 13.2. The molecule has 128 valence electrons. The van der Waals surface area contributed by atoms with Crippen LogP contribution in [-0.4, -0.2) is 55.7 Å². The van der Waals surface area contributed by atoms with Gasteiger partial charge in [0.25, 0.3) is 0 Å². The van der Waals surface area contributed by atoms with Crippen molar-refractivity contribution < 1.29 is 18.0 Å². The number of rotatable bonds is 5. The van der Waals surface area contributed by atoms with Crippen LogP contribution in [0.15, 0.2) is 24.3 Å². The van der Waals surface area contributed by atoms with Crippen molar-refractivity contribution in [2.24, 2.45) is 0 Å². The third kappa shape index (κ3) is 5.67. The maximum Gasteiger partial charge on any atom is 0.405 e. The minimum Gasteiger partial charge on any atom is -0.354 e. The van der Waals surface area contributed by atoms with Crippen molar-refractivity contribution in [1.29, 1.82) is 0 Å². The number of piperazine rings is 1. The molecule has 1 aromatic carbocycles. The summed E-state index contributed by atoms with van der Waals surface area (Å²) in [5, 5.41) is 5.96. The van der Waals surface area contributed by atoms with Crippen LogP contribution < -0.4 is 10.6 Å². The van der Waals surface area contributed by atoms with E-state index in [0.717, 1.165) is 0 Å². The summed E-state index contributed by atoms with van der Waals surface area (Å²) in [4.78, 5) is 13.2. The molecule has 2 rings (SSSR count). The SMILES string of the molecule is O=C(Cc1ccc(Cl)cc1)NCC(N1CCNCC1)C(F)(F)F. The molecule has 1 heterocycles. The summed E-state index contributed by atoms with van der Waals surface area (Å²) in [6.07, 6.45) is -4.34. The van der Waals surface area contributed by atoms with Gasteiger partial charge in [-0.15, -0.1) is 0 Å². The smallest absolute Gasteiger partial charge is 0.354 e. The number of hydrogen-bond donors (Lipinski definition) is 2. The molecular formula is C15H19ClF3N3O. The van der Waals surface area contributed by atoms with Gasteiger partial charge in [-0.25, -0.2) is 0 Å². The first kappa shape index (κ1) is 18.0. The standard InChI is InChI=1S/C15H19ClF3N3O/c16-12-3-1-11(2-4-12)9-14(23)21-10-13(15(17,18)19)22-7-5-20-6-8-22/h1-4,13,20H,5-10H2,(H,21,23). The van der Waals surface area contributed by atoms with Gasteiger partial charge < -0.3 is 10.6 Å². The molecule has 0 spiro atoms. The van der Waals surface area contributed by atoms with E-state index in [1.807, 2.05) is 0 Å². The summed E-state index contributed by atoms with van der Waals surface area (Å²) in [5.74, 6) is -0.434. The van der Waals surface area contributed by atoms with E-state index >= 15 is 0 Å². The highest BCUT2D eigenvalue weighted by Gasteiger charge is 2.43. The van der Waals surface area contributed by atoms with Crippen molar-refractivity contribution in [3.05, 3.63) is 34.9 Å². The van der Waals surface area contributed by atoms with Gasteiger partial charge >= 0.3 is 6.18 Å². The van der Waals surface area contributed by atoms with Crippen LogP contribution in [0.5, 0.6) is 0 Å². The molecule has 4 nitrogen and oxygen atoms in total. The monoisotopic (exact) mass is 349 g/mol. The predicted octanol–water partition coefficient (Wildman–Crippen LogP) is 1.83. The minimum atomic E-state index is -4.37. The van der Waals surface area contributed by atoms with E-state index in [9.17, 15) is 18.0 Å². The van der Waals surface area contributed by atoms with Gasteiger partial charge in [0.15, 0.2) is 0 Å². The van der Waals surface area contributed by atoms with E-state index in [0.29, 0.717) is 36.8 Å². The first-order valence-corrected chi connectivity index (χ1v) is 7.76. The van der Waals surface area contributed by atoms with Crippen LogP contribution in [0.25, 0.3) is 0 Å². The van der Waals surface area contributed by atoms with Gasteiger partial charge in [0.1, 0.15) is 6.04 Å². The summed E-state index contributed by atoms with van der Waals surface area (Å²) in [5.41, 5.74) is 0.706. The number of carbonyl (C=O) groups excluding carboxylic acids is 1. The number of nitrogens with one attached hydrogen (secondary N) is 2. The summed E-state index contributed by atoms with van der Waals surface area (Å²) >= 11 is 5.75. The fourth-order valence-corrected chi connectivity index (χ4v) is 2.63. The first-order valence-electron chi connectivity index (χ1n) is 7.39. The second kappa shape index (κ2) is 7.99. The van der Waals surface area contributed by atoms with Crippen LogP contribution in [0.3, 0.4) is 0 Å². The molecule has 1 aliphatic heterocycles. The van der Waals surface area contributed by atoms with Crippen molar-refractivity contribution in [3.63, 3.8) is 0 Å². The third-order valence-corrected chi connectivity index (χ3v) is 3.99. The molecule has 1 amide bonds. The lowest BCUT2D eigenvalue weighted by molar-refractivity contribution is -0.184. The zero-order valence-electron chi connectivity index (χ0n) is 12.5. The zero-order valence-corrected chi connectivity index (χ0v) is 13.3. The van der Waals surface area contributed by atoms with Crippen molar-refractivity contribution in [1.82, 2.24) is 15.5 Å². The van der Waals surface area contributed by atoms with Crippen LogP contribution in [0.2, 0.25) is 5.02 Å². The maximum atomic E-state index is 13.2. The van der Waals surface area contributed by atoms with E-state index in [4.69, 9.17) is 11.6 Å². The molecule has 0 aliphatic carbocycles. The number of nitrogens with zero attached hydrogens (tertiary/aromatic N) is 1. The average molecular weight is 350 g/mol. The highest BCUT2D eigenvalue weighted by molar-refractivity contribution is 6.30. The Morgan fingerprint density at radius 2 is 1.87 bits per heavy atom. The van der Waals surface area contributed by atoms with Gasteiger partial charge in [0, 0.05) is 37.7 Å². The van der Waals surface area contributed by atoms with E-state index in [-0.39, 0.29) is 6.42 Å². The second-order valence-electron chi connectivity index (χ2n) is 5.45. The van der Waals surface area contributed by atoms with Crippen LogP contribution in [0.4, 0.5) is 13.2 Å². The fraction of sp³-hybridized carbons (Fsp3) is 0.533. The van der Waals surface area contributed by atoms with E-state index in [2.05, 4.69) is 10.6 Å². The molecule has 0 saturated carbocycles. The largest absolute Gasteiger partial charge is 0.405 e. The average Bonchev–Trinajstić information content (AvgIpc) is 2.49.